The van der Waals surface area contributed by atoms with E-state index in [0.717, 1.165) is 11.1 Å². The molecule has 2 rings (SSSR count). The molecule has 3 N–H and O–H groups in total. The topological polar surface area (TPSA) is 87.3 Å². The number of anilines is 1. The summed E-state index contributed by atoms with van der Waals surface area (Å²) in [4.78, 5) is 34.8. The first-order valence-corrected chi connectivity index (χ1v) is 8.57. The molecule has 2 aromatic rings. The number of amides is 3. The molecule has 0 fully saturated rings. The quantitative estimate of drug-likeness (QED) is 0.688. The van der Waals surface area contributed by atoms with E-state index < -0.39 is 0 Å². The van der Waals surface area contributed by atoms with E-state index >= 15 is 0 Å². The lowest BCUT2D eigenvalue weighted by Gasteiger charge is -2.14. The van der Waals surface area contributed by atoms with E-state index in [-0.39, 0.29) is 23.8 Å². The number of hydrogen-bond donors (Lipinski definition) is 3. The Bertz CT molecular complexity index is 857. The van der Waals surface area contributed by atoms with Gasteiger partial charge in [-0.05, 0) is 48.4 Å². The van der Waals surface area contributed by atoms with Crippen molar-refractivity contribution in [3.63, 3.8) is 0 Å². The van der Waals surface area contributed by atoms with Crippen molar-refractivity contribution in [1.82, 2.24) is 10.6 Å². The zero-order valence-corrected chi connectivity index (χ0v) is 15.6. The average Bonchev–Trinajstić information content (AvgIpc) is 2.65. The van der Waals surface area contributed by atoms with Gasteiger partial charge < -0.3 is 16.0 Å². The minimum Gasteiger partial charge on any atom is -0.355 e. The van der Waals surface area contributed by atoms with Crippen LogP contribution in [0.15, 0.2) is 54.6 Å². The van der Waals surface area contributed by atoms with Gasteiger partial charge in [0.05, 0.1) is 6.04 Å². The first-order chi connectivity index (χ1) is 12.9. The molecular weight excluding hydrogens is 342 g/mol. The predicted octanol–water partition coefficient (Wildman–Crippen LogP) is 2.90. The summed E-state index contributed by atoms with van der Waals surface area (Å²) in [6.07, 6.45) is 3.13. The van der Waals surface area contributed by atoms with E-state index in [2.05, 4.69) is 16.0 Å². The lowest BCUT2D eigenvalue weighted by molar-refractivity contribution is -0.117. The zero-order valence-electron chi connectivity index (χ0n) is 15.6. The van der Waals surface area contributed by atoms with E-state index in [1.807, 2.05) is 25.1 Å². The lowest BCUT2D eigenvalue weighted by Crippen LogP contribution is -2.24. The van der Waals surface area contributed by atoms with Gasteiger partial charge in [0.15, 0.2) is 0 Å². The number of hydrogen-bond acceptors (Lipinski definition) is 3. The number of carbonyl (C=O) groups excluding carboxylic acids is 3. The van der Waals surface area contributed by atoms with Crippen molar-refractivity contribution in [3.05, 3.63) is 71.3 Å². The zero-order chi connectivity index (χ0) is 19.8. The summed E-state index contributed by atoms with van der Waals surface area (Å²) in [6.45, 7) is 3.32. The van der Waals surface area contributed by atoms with Gasteiger partial charge in [0.1, 0.15) is 0 Å². The highest BCUT2D eigenvalue weighted by molar-refractivity contribution is 5.95. The number of rotatable bonds is 6. The monoisotopic (exact) mass is 365 g/mol. The molecule has 0 aromatic heterocycles. The van der Waals surface area contributed by atoms with Gasteiger partial charge in [-0.1, -0.05) is 24.3 Å². The Morgan fingerprint density at radius 3 is 2.37 bits per heavy atom. The molecule has 0 saturated carbocycles. The van der Waals surface area contributed by atoms with Crippen LogP contribution in [-0.2, 0) is 9.59 Å². The first-order valence-electron chi connectivity index (χ1n) is 8.57. The maximum atomic E-state index is 12.2. The van der Waals surface area contributed by atoms with Gasteiger partial charge in [-0.15, -0.1) is 0 Å². The number of carbonyl (C=O) groups is 3. The third kappa shape index (κ3) is 6.11. The summed E-state index contributed by atoms with van der Waals surface area (Å²) in [5.74, 6) is -0.532. The van der Waals surface area contributed by atoms with E-state index in [0.29, 0.717) is 11.3 Å². The molecule has 0 aliphatic heterocycles. The molecule has 1 unspecified atom stereocenters. The molecule has 1 atom stereocenters. The van der Waals surface area contributed by atoms with Crippen LogP contribution < -0.4 is 16.0 Å². The molecule has 0 bridgehead atoms. The molecule has 0 aliphatic rings. The summed E-state index contributed by atoms with van der Waals surface area (Å²) < 4.78 is 0. The Morgan fingerprint density at radius 2 is 1.74 bits per heavy atom. The molecule has 0 aliphatic carbocycles. The summed E-state index contributed by atoms with van der Waals surface area (Å²) in [5.41, 5.74) is 2.95. The Hall–Kier alpha value is -3.41. The van der Waals surface area contributed by atoms with Gasteiger partial charge in [-0.3, -0.25) is 14.4 Å². The third-order valence-electron chi connectivity index (χ3n) is 3.89. The van der Waals surface area contributed by atoms with Crippen LogP contribution >= 0.6 is 0 Å². The molecule has 27 heavy (non-hydrogen) atoms. The summed E-state index contributed by atoms with van der Waals surface area (Å²) in [7, 11) is 1.58. The number of benzene rings is 2. The maximum Gasteiger partial charge on any atom is 0.251 e. The summed E-state index contributed by atoms with van der Waals surface area (Å²) in [5, 5.41) is 8.16. The smallest absolute Gasteiger partial charge is 0.251 e. The molecular formula is C21H23N3O3. The second-order valence-electron chi connectivity index (χ2n) is 6.07. The predicted molar refractivity (Wildman–Crippen MR) is 106 cm³/mol. The van der Waals surface area contributed by atoms with Crippen LogP contribution in [0.3, 0.4) is 0 Å². The minimum atomic E-state index is -0.234. The van der Waals surface area contributed by atoms with Crippen molar-refractivity contribution in [2.75, 3.05) is 12.4 Å². The lowest BCUT2D eigenvalue weighted by atomic mass is 10.1. The maximum absolute atomic E-state index is 12.2. The Labute approximate surface area is 158 Å². The van der Waals surface area contributed by atoms with Crippen LogP contribution in [-0.4, -0.2) is 24.8 Å². The van der Waals surface area contributed by atoms with Crippen LogP contribution in [0.25, 0.3) is 6.08 Å². The van der Waals surface area contributed by atoms with Crippen molar-refractivity contribution < 1.29 is 14.4 Å². The molecule has 3 amide bonds. The summed E-state index contributed by atoms with van der Waals surface area (Å²) in [6, 6.07) is 14.1. The Balaban J connectivity index is 1.97. The van der Waals surface area contributed by atoms with Gasteiger partial charge >= 0.3 is 0 Å². The van der Waals surface area contributed by atoms with Crippen molar-refractivity contribution >= 4 is 29.5 Å². The van der Waals surface area contributed by atoms with Crippen molar-refractivity contribution in [2.24, 2.45) is 0 Å². The Kier molecular flexibility index (Phi) is 6.88. The molecule has 0 radical (unpaired) electrons. The van der Waals surface area contributed by atoms with Crippen molar-refractivity contribution in [3.8, 4) is 0 Å². The van der Waals surface area contributed by atoms with E-state index in [4.69, 9.17) is 0 Å². The van der Waals surface area contributed by atoms with Crippen molar-refractivity contribution in [2.45, 2.75) is 19.9 Å². The van der Waals surface area contributed by atoms with Gasteiger partial charge in [0, 0.05) is 31.3 Å². The molecule has 2 aromatic carbocycles. The van der Waals surface area contributed by atoms with Crippen LogP contribution in [0, 0.1) is 0 Å². The largest absolute Gasteiger partial charge is 0.355 e. The average molecular weight is 365 g/mol. The fourth-order valence-corrected chi connectivity index (χ4v) is 2.50. The first kappa shape index (κ1) is 19.9. The van der Waals surface area contributed by atoms with Gasteiger partial charge in [-0.25, -0.2) is 0 Å². The highest BCUT2D eigenvalue weighted by Crippen LogP contribution is 2.17. The molecule has 140 valence electrons. The Morgan fingerprint density at radius 1 is 1.04 bits per heavy atom. The second kappa shape index (κ2) is 9.33. The molecule has 6 heteroatoms. The standard InChI is InChI=1S/C21H23N3O3/c1-14(18-5-4-6-19(13-18)24-15(2)25)23-20(26)12-9-16-7-10-17(11-8-16)21(27)22-3/h4-14H,1-3H3,(H,22,27)(H,23,26)(H,24,25)/b12-9+. The van der Waals surface area contributed by atoms with Gasteiger partial charge in [0.2, 0.25) is 11.8 Å². The van der Waals surface area contributed by atoms with Crippen LogP contribution in [0.4, 0.5) is 5.69 Å². The normalized spacial score (nSPS) is 11.7. The highest BCUT2D eigenvalue weighted by Gasteiger charge is 2.08. The van der Waals surface area contributed by atoms with E-state index in [9.17, 15) is 14.4 Å². The SMILES string of the molecule is CNC(=O)c1ccc(/C=C/C(=O)NC(C)c2cccc(NC(C)=O)c2)cc1. The molecule has 6 nitrogen and oxygen atoms in total. The fraction of sp³-hybridized carbons (Fsp3) is 0.190. The fourth-order valence-electron chi connectivity index (χ4n) is 2.50. The molecule has 0 spiro atoms. The highest BCUT2D eigenvalue weighted by atomic mass is 16.2. The molecule has 0 saturated heterocycles. The van der Waals surface area contributed by atoms with E-state index in [1.54, 1.807) is 43.5 Å². The van der Waals surface area contributed by atoms with Crippen LogP contribution in [0.2, 0.25) is 0 Å². The summed E-state index contributed by atoms with van der Waals surface area (Å²) >= 11 is 0. The van der Waals surface area contributed by atoms with Gasteiger partial charge in [-0.2, -0.15) is 0 Å². The third-order valence-corrected chi connectivity index (χ3v) is 3.89. The van der Waals surface area contributed by atoms with E-state index in [1.165, 1.54) is 13.0 Å². The molecule has 0 heterocycles. The van der Waals surface area contributed by atoms with Crippen LogP contribution in [0.1, 0.15) is 41.4 Å². The van der Waals surface area contributed by atoms with Crippen LogP contribution in [0.5, 0.6) is 0 Å². The van der Waals surface area contributed by atoms with Crippen molar-refractivity contribution in [1.29, 1.82) is 0 Å². The second-order valence-corrected chi connectivity index (χ2v) is 6.07. The minimum absolute atomic E-state index is 0.144. The number of nitrogens with one attached hydrogen (secondary N) is 3. The van der Waals surface area contributed by atoms with Gasteiger partial charge in [0.25, 0.3) is 5.91 Å².